The molecule has 0 saturated carbocycles. The first-order valence-electron chi connectivity index (χ1n) is 4.45. The van der Waals surface area contributed by atoms with Gasteiger partial charge in [-0.3, -0.25) is 4.79 Å². The Hall–Kier alpha value is -0.590. The van der Waals surface area contributed by atoms with E-state index in [1.807, 2.05) is 24.1 Å². The summed E-state index contributed by atoms with van der Waals surface area (Å²) in [4.78, 5) is 12.5. The molecule has 1 unspecified atom stereocenters. The van der Waals surface area contributed by atoms with Gasteiger partial charge in [0.2, 0.25) is 0 Å². The van der Waals surface area contributed by atoms with E-state index < -0.39 is 12.0 Å². The van der Waals surface area contributed by atoms with Gasteiger partial charge in [-0.15, -0.1) is 11.3 Å². The Bertz CT molecular complexity index is 343. The molecular weight excluding hydrogens is 280 g/mol. The quantitative estimate of drug-likeness (QED) is 0.868. The Morgan fingerprint density at radius 3 is 2.87 bits per heavy atom. The summed E-state index contributed by atoms with van der Waals surface area (Å²) in [5, 5.41) is 9.72. The molecule has 0 saturated heterocycles. The van der Waals surface area contributed by atoms with Crippen molar-refractivity contribution in [2.24, 2.45) is 5.73 Å². The lowest BCUT2D eigenvalue weighted by Crippen LogP contribution is -2.34. The van der Waals surface area contributed by atoms with E-state index in [-0.39, 0.29) is 0 Å². The number of hydrogen-bond donors (Lipinski definition) is 2. The Morgan fingerprint density at radius 2 is 2.40 bits per heavy atom. The van der Waals surface area contributed by atoms with Crippen molar-refractivity contribution in [2.45, 2.75) is 12.5 Å². The standard InChI is InChI=1S/C9H13BrN2O2S/c1-12(5-4-6(11)9(13)14)8-3-2-7(10)15-8/h2-3,6H,4-5,11H2,1H3,(H,13,14). The van der Waals surface area contributed by atoms with E-state index in [2.05, 4.69) is 15.9 Å². The van der Waals surface area contributed by atoms with Gasteiger partial charge < -0.3 is 15.7 Å². The van der Waals surface area contributed by atoms with Gasteiger partial charge in [0.1, 0.15) is 6.04 Å². The second kappa shape index (κ2) is 5.48. The first kappa shape index (κ1) is 12.5. The molecule has 0 bridgehead atoms. The molecular formula is C9H13BrN2O2S. The summed E-state index contributed by atoms with van der Waals surface area (Å²) in [5.74, 6) is -0.948. The highest BCUT2D eigenvalue weighted by Gasteiger charge is 2.12. The van der Waals surface area contributed by atoms with Crippen molar-refractivity contribution in [1.29, 1.82) is 0 Å². The minimum absolute atomic E-state index is 0.446. The van der Waals surface area contributed by atoms with Crippen molar-refractivity contribution in [3.63, 3.8) is 0 Å². The molecule has 0 aromatic carbocycles. The van der Waals surface area contributed by atoms with Crippen molar-refractivity contribution >= 4 is 38.2 Å². The third-order valence-corrected chi connectivity index (χ3v) is 3.77. The van der Waals surface area contributed by atoms with Gasteiger partial charge in [-0.2, -0.15) is 0 Å². The molecule has 0 radical (unpaired) electrons. The number of halogens is 1. The van der Waals surface area contributed by atoms with E-state index in [4.69, 9.17) is 10.8 Å². The number of thiophene rings is 1. The summed E-state index contributed by atoms with van der Waals surface area (Å²) in [5.41, 5.74) is 5.42. The highest BCUT2D eigenvalue weighted by Crippen LogP contribution is 2.29. The van der Waals surface area contributed by atoms with E-state index in [0.717, 1.165) is 8.79 Å². The number of hydrogen-bond acceptors (Lipinski definition) is 4. The van der Waals surface area contributed by atoms with Crippen LogP contribution >= 0.6 is 27.3 Å². The van der Waals surface area contributed by atoms with Crippen molar-refractivity contribution in [3.05, 3.63) is 15.9 Å². The topological polar surface area (TPSA) is 66.6 Å². The van der Waals surface area contributed by atoms with Crippen molar-refractivity contribution < 1.29 is 9.90 Å². The fourth-order valence-electron chi connectivity index (χ4n) is 1.08. The summed E-state index contributed by atoms with van der Waals surface area (Å²) in [6.45, 7) is 0.639. The van der Waals surface area contributed by atoms with Gasteiger partial charge in [0.05, 0.1) is 8.79 Å². The second-order valence-corrected chi connectivity index (χ2v) is 5.67. The van der Waals surface area contributed by atoms with Gasteiger partial charge >= 0.3 is 5.97 Å². The van der Waals surface area contributed by atoms with Crippen LogP contribution in [0.1, 0.15) is 6.42 Å². The molecule has 0 aliphatic carbocycles. The molecule has 4 nitrogen and oxygen atoms in total. The van der Waals surface area contributed by atoms with E-state index in [9.17, 15) is 4.79 Å². The molecule has 1 aromatic heterocycles. The molecule has 0 aliphatic rings. The molecule has 15 heavy (non-hydrogen) atoms. The van der Waals surface area contributed by atoms with E-state index in [1.54, 1.807) is 11.3 Å². The largest absolute Gasteiger partial charge is 0.480 e. The molecule has 0 fully saturated rings. The van der Waals surface area contributed by atoms with E-state index in [1.165, 1.54) is 0 Å². The molecule has 1 rings (SSSR count). The highest BCUT2D eigenvalue weighted by atomic mass is 79.9. The highest BCUT2D eigenvalue weighted by molar-refractivity contribution is 9.11. The third kappa shape index (κ3) is 3.81. The summed E-state index contributed by atoms with van der Waals surface area (Å²) in [7, 11) is 1.92. The van der Waals surface area contributed by atoms with Crippen LogP contribution in [0, 0.1) is 0 Å². The van der Waals surface area contributed by atoms with E-state index >= 15 is 0 Å². The van der Waals surface area contributed by atoms with Gasteiger partial charge in [-0.1, -0.05) is 0 Å². The number of carboxylic acid groups (broad SMARTS) is 1. The van der Waals surface area contributed by atoms with E-state index in [0.29, 0.717) is 13.0 Å². The molecule has 1 heterocycles. The third-order valence-electron chi connectivity index (χ3n) is 2.03. The van der Waals surface area contributed by atoms with Crippen LogP contribution in [-0.2, 0) is 4.79 Å². The number of rotatable bonds is 5. The van der Waals surface area contributed by atoms with Crippen LogP contribution in [0.15, 0.2) is 15.9 Å². The Kier molecular flexibility index (Phi) is 4.56. The molecule has 6 heteroatoms. The normalized spacial score (nSPS) is 12.5. The maximum absolute atomic E-state index is 10.5. The Balaban J connectivity index is 2.43. The van der Waals surface area contributed by atoms with Crippen molar-refractivity contribution in [3.8, 4) is 0 Å². The molecule has 3 N–H and O–H groups in total. The minimum atomic E-state index is -0.948. The molecule has 0 amide bonds. The Morgan fingerprint density at radius 1 is 1.73 bits per heavy atom. The SMILES string of the molecule is CN(CCC(N)C(=O)O)c1ccc(Br)s1. The zero-order valence-electron chi connectivity index (χ0n) is 8.31. The first-order chi connectivity index (χ1) is 7.00. The molecule has 84 valence electrons. The summed E-state index contributed by atoms with van der Waals surface area (Å²) >= 11 is 4.99. The zero-order chi connectivity index (χ0) is 11.4. The number of anilines is 1. The number of carbonyl (C=O) groups is 1. The monoisotopic (exact) mass is 292 g/mol. The van der Waals surface area contributed by atoms with Gasteiger partial charge in [0, 0.05) is 13.6 Å². The average molecular weight is 293 g/mol. The number of aliphatic carboxylic acids is 1. The predicted octanol–water partition coefficient (Wildman–Crippen LogP) is 1.75. The van der Waals surface area contributed by atoms with Crippen LogP contribution in [0.25, 0.3) is 0 Å². The summed E-state index contributed by atoms with van der Waals surface area (Å²) in [6, 6.07) is 3.17. The van der Waals surface area contributed by atoms with Gasteiger partial charge in [-0.05, 0) is 34.5 Å². The van der Waals surface area contributed by atoms with Gasteiger partial charge in [0.15, 0.2) is 0 Å². The maximum Gasteiger partial charge on any atom is 0.320 e. The van der Waals surface area contributed by atoms with Crippen molar-refractivity contribution in [2.75, 3.05) is 18.5 Å². The molecule has 1 aromatic rings. The summed E-state index contributed by atoms with van der Waals surface area (Å²) in [6.07, 6.45) is 0.446. The zero-order valence-corrected chi connectivity index (χ0v) is 10.7. The van der Waals surface area contributed by atoms with Gasteiger partial charge in [0.25, 0.3) is 0 Å². The molecule has 0 aliphatic heterocycles. The van der Waals surface area contributed by atoms with Crippen LogP contribution in [0.3, 0.4) is 0 Å². The van der Waals surface area contributed by atoms with Crippen LogP contribution in [0.2, 0.25) is 0 Å². The van der Waals surface area contributed by atoms with Crippen molar-refractivity contribution in [1.82, 2.24) is 0 Å². The minimum Gasteiger partial charge on any atom is -0.480 e. The lowest BCUT2D eigenvalue weighted by Gasteiger charge is -2.17. The second-order valence-electron chi connectivity index (χ2n) is 3.23. The lowest BCUT2D eigenvalue weighted by molar-refractivity contribution is -0.138. The van der Waals surface area contributed by atoms with Crippen LogP contribution in [0.5, 0.6) is 0 Å². The van der Waals surface area contributed by atoms with Crippen LogP contribution in [-0.4, -0.2) is 30.7 Å². The Labute approximate surface area is 101 Å². The fourth-order valence-corrected chi connectivity index (χ4v) is 2.43. The number of nitrogens with two attached hydrogens (primary N) is 1. The molecule has 0 spiro atoms. The number of carboxylic acids is 1. The molecule has 1 atom stereocenters. The smallest absolute Gasteiger partial charge is 0.320 e. The average Bonchev–Trinajstić information content (AvgIpc) is 2.60. The fraction of sp³-hybridized carbons (Fsp3) is 0.444. The van der Waals surface area contributed by atoms with Gasteiger partial charge in [-0.25, -0.2) is 0 Å². The number of nitrogens with zero attached hydrogens (tertiary/aromatic N) is 1. The summed E-state index contributed by atoms with van der Waals surface area (Å²) < 4.78 is 1.06. The van der Waals surface area contributed by atoms with Crippen LogP contribution < -0.4 is 10.6 Å². The lowest BCUT2D eigenvalue weighted by atomic mass is 10.2. The maximum atomic E-state index is 10.5. The van der Waals surface area contributed by atoms with Crippen LogP contribution in [0.4, 0.5) is 5.00 Å². The predicted molar refractivity (Wildman–Crippen MR) is 65.5 cm³/mol. The first-order valence-corrected chi connectivity index (χ1v) is 6.06.